The average Bonchev–Trinajstić information content (AvgIpc) is 3.10. The first-order valence-corrected chi connectivity index (χ1v) is 9.35. The van der Waals surface area contributed by atoms with Crippen LogP contribution in [-0.4, -0.2) is 46.4 Å². The quantitative estimate of drug-likeness (QED) is 0.754. The van der Waals surface area contributed by atoms with Gasteiger partial charge in [0.25, 0.3) is 0 Å². The third kappa shape index (κ3) is 4.59. The van der Waals surface area contributed by atoms with Gasteiger partial charge in [-0.3, -0.25) is 14.6 Å². The summed E-state index contributed by atoms with van der Waals surface area (Å²) in [4.78, 5) is 31.2. The van der Waals surface area contributed by atoms with Crippen LogP contribution in [0, 0.1) is 5.92 Å². The number of piperidine rings is 1. The van der Waals surface area contributed by atoms with Gasteiger partial charge in [0, 0.05) is 37.1 Å². The molecule has 2 amide bonds. The Kier molecular flexibility index (Phi) is 5.58. The van der Waals surface area contributed by atoms with Crippen molar-refractivity contribution in [2.75, 3.05) is 13.1 Å². The number of aromatic nitrogens is 1. The number of likely N-dealkylation sites (tertiary alicyclic amines) is 1. The summed E-state index contributed by atoms with van der Waals surface area (Å²) in [6.45, 7) is 7.15. The molecule has 0 saturated carbocycles. The molecule has 2 aliphatic rings. The average molecular weight is 359 g/mol. The van der Waals surface area contributed by atoms with Gasteiger partial charge in [-0.2, -0.15) is 0 Å². The molecule has 0 spiro atoms. The van der Waals surface area contributed by atoms with Crippen molar-refractivity contribution < 1.29 is 9.59 Å². The van der Waals surface area contributed by atoms with Crippen molar-refractivity contribution in [1.82, 2.24) is 26.1 Å². The monoisotopic (exact) mass is 359 g/mol. The molecule has 2 aliphatic heterocycles. The second kappa shape index (κ2) is 7.72. The molecule has 2 saturated heterocycles. The zero-order valence-corrected chi connectivity index (χ0v) is 15.8. The molecule has 0 aromatic carbocycles. The molecule has 26 heavy (non-hydrogen) atoms. The molecule has 0 radical (unpaired) electrons. The zero-order chi connectivity index (χ0) is 18.7. The number of carbonyl (C=O) groups is 2. The molecule has 1 aromatic heterocycles. The van der Waals surface area contributed by atoms with E-state index in [4.69, 9.17) is 0 Å². The third-order valence-electron chi connectivity index (χ3n) is 4.91. The Bertz CT molecular complexity index is 643. The fraction of sp³-hybridized carbons (Fsp3) is 0.632. The summed E-state index contributed by atoms with van der Waals surface area (Å²) < 4.78 is 0. The highest BCUT2D eigenvalue weighted by atomic mass is 16.2. The smallest absolute Gasteiger partial charge is 0.241 e. The van der Waals surface area contributed by atoms with Crippen LogP contribution in [0.25, 0.3) is 0 Å². The van der Waals surface area contributed by atoms with Gasteiger partial charge in [0.05, 0.1) is 5.92 Å². The van der Waals surface area contributed by atoms with Gasteiger partial charge in [0.1, 0.15) is 6.04 Å². The fourth-order valence-electron chi connectivity index (χ4n) is 3.62. The van der Waals surface area contributed by atoms with Gasteiger partial charge in [-0.25, -0.2) is 10.9 Å². The molecule has 3 unspecified atom stereocenters. The van der Waals surface area contributed by atoms with E-state index in [1.165, 1.54) is 0 Å². The molecule has 3 atom stereocenters. The highest BCUT2D eigenvalue weighted by Crippen LogP contribution is 2.24. The second-order valence-corrected chi connectivity index (χ2v) is 8.27. The number of carbonyl (C=O) groups excluding carboxylic acids is 2. The molecular weight excluding hydrogens is 330 g/mol. The van der Waals surface area contributed by atoms with Crippen LogP contribution in [0.5, 0.6) is 0 Å². The summed E-state index contributed by atoms with van der Waals surface area (Å²) >= 11 is 0. The maximum absolute atomic E-state index is 12.9. The lowest BCUT2D eigenvalue weighted by Gasteiger charge is -2.35. The van der Waals surface area contributed by atoms with E-state index in [1.807, 2.05) is 37.8 Å². The molecule has 3 N–H and O–H groups in total. The Balaban J connectivity index is 1.57. The molecule has 0 aliphatic carbocycles. The normalized spacial score (nSPS) is 26.6. The van der Waals surface area contributed by atoms with E-state index < -0.39 is 0 Å². The van der Waals surface area contributed by atoms with Crippen molar-refractivity contribution >= 4 is 11.8 Å². The van der Waals surface area contributed by atoms with Gasteiger partial charge in [0.2, 0.25) is 11.8 Å². The van der Waals surface area contributed by atoms with Crippen LogP contribution in [0.1, 0.15) is 51.6 Å². The van der Waals surface area contributed by atoms with Gasteiger partial charge in [-0.15, -0.1) is 0 Å². The standard InChI is InChI=1S/C19H29N5O2/c1-19(2,3)21-17(25)14-5-4-10-24(12-14)18(26)16-11-15(22-23-16)13-6-8-20-9-7-13/h6-9,14-16,22-23H,4-5,10-12H2,1-3H3,(H,21,25). The van der Waals surface area contributed by atoms with E-state index >= 15 is 0 Å². The van der Waals surface area contributed by atoms with E-state index in [0.29, 0.717) is 13.0 Å². The predicted molar refractivity (Wildman–Crippen MR) is 98.9 cm³/mol. The van der Waals surface area contributed by atoms with Crippen LogP contribution in [-0.2, 0) is 9.59 Å². The number of pyridine rings is 1. The van der Waals surface area contributed by atoms with Gasteiger partial charge < -0.3 is 10.2 Å². The Labute approximate surface area is 154 Å². The lowest BCUT2D eigenvalue weighted by Crippen LogP contribution is -2.53. The number of hydrogen-bond acceptors (Lipinski definition) is 5. The molecule has 3 heterocycles. The number of nitrogens with one attached hydrogen (secondary N) is 3. The molecule has 142 valence electrons. The van der Waals surface area contributed by atoms with Crippen molar-refractivity contribution in [2.24, 2.45) is 5.92 Å². The summed E-state index contributed by atoms with van der Waals surface area (Å²) in [5, 5.41) is 3.04. The van der Waals surface area contributed by atoms with E-state index in [9.17, 15) is 9.59 Å². The fourth-order valence-corrected chi connectivity index (χ4v) is 3.62. The number of rotatable bonds is 3. The largest absolute Gasteiger partial charge is 0.351 e. The number of nitrogens with zero attached hydrogens (tertiary/aromatic N) is 2. The Morgan fingerprint density at radius 3 is 2.65 bits per heavy atom. The summed E-state index contributed by atoms with van der Waals surface area (Å²) in [5.74, 6) is -0.0123. The maximum atomic E-state index is 12.9. The van der Waals surface area contributed by atoms with Crippen LogP contribution in [0.15, 0.2) is 24.5 Å². The molecule has 0 bridgehead atoms. The van der Waals surface area contributed by atoms with E-state index in [-0.39, 0.29) is 35.4 Å². The lowest BCUT2D eigenvalue weighted by molar-refractivity contribution is -0.137. The molecule has 7 heteroatoms. The number of amides is 2. The summed E-state index contributed by atoms with van der Waals surface area (Å²) in [6, 6.07) is 3.74. The SMILES string of the molecule is CC(C)(C)NC(=O)C1CCCN(C(=O)C2CC(c3ccncc3)NN2)C1. The predicted octanol–water partition coefficient (Wildman–Crippen LogP) is 1.14. The van der Waals surface area contributed by atoms with Gasteiger partial charge in [-0.1, -0.05) is 0 Å². The third-order valence-corrected chi connectivity index (χ3v) is 4.91. The first kappa shape index (κ1) is 18.8. The molecule has 3 rings (SSSR count). The second-order valence-electron chi connectivity index (χ2n) is 8.27. The molecular formula is C19H29N5O2. The Hall–Kier alpha value is -1.99. The minimum Gasteiger partial charge on any atom is -0.351 e. The summed E-state index contributed by atoms with van der Waals surface area (Å²) in [6.07, 6.45) is 5.91. The van der Waals surface area contributed by atoms with E-state index in [2.05, 4.69) is 21.2 Å². The lowest BCUT2D eigenvalue weighted by atomic mass is 9.94. The summed E-state index contributed by atoms with van der Waals surface area (Å²) in [7, 11) is 0. The maximum Gasteiger partial charge on any atom is 0.241 e. The minimum atomic E-state index is -0.266. The molecule has 1 aromatic rings. The van der Waals surface area contributed by atoms with Gasteiger partial charge >= 0.3 is 0 Å². The van der Waals surface area contributed by atoms with Gasteiger partial charge in [-0.05, 0) is 57.7 Å². The van der Waals surface area contributed by atoms with Crippen molar-refractivity contribution in [1.29, 1.82) is 0 Å². The Morgan fingerprint density at radius 1 is 1.23 bits per heavy atom. The number of hydrogen-bond donors (Lipinski definition) is 3. The highest BCUT2D eigenvalue weighted by Gasteiger charge is 2.36. The number of hydrazine groups is 1. The molecule has 7 nitrogen and oxygen atoms in total. The minimum absolute atomic E-state index is 0.0437. The van der Waals surface area contributed by atoms with Crippen molar-refractivity contribution in [2.45, 2.75) is 57.7 Å². The van der Waals surface area contributed by atoms with Crippen molar-refractivity contribution in [3.05, 3.63) is 30.1 Å². The summed E-state index contributed by atoms with van der Waals surface area (Å²) in [5.41, 5.74) is 7.19. The van der Waals surface area contributed by atoms with Crippen molar-refractivity contribution in [3.8, 4) is 0 Å². The van der Waals surface area contributed by atoms with E-state index in [0.717, 1.165) is 24.9 Å². The first-order valence-electron chi connectivity index (χ1n) is 9.35. The Morgan fingerprint density at radius 2 is 1.96 bits per heavy atom. The molecule has 2 fully saturated rings. The van der Waals surface area contributed by atoms with Gasteiger partial charge in [0.15, 0.2) is 0 Å². The first-order chi connectivity index (χ1) is 12.3. The zero-order valence-electron chi connectivity index (χ0n) is 15.8. The van der Waals surface area contributed by atoms with Crippen LogP contribution < -0.4 is 16.2 Å². The highest BCUT2D eigenvalue weighted by molar-refractivity contribution is 5.84. The van der Waals surface area contributed by atoms with E-state index in [1.54, 1.807) is 12.4 Å². The topological polar surface area (TPSA) is 86.4 Å². The van der Waals surface area contributed by atoms with Crippen LogP contribution in [0.2, 0.25) is 0 Å². The van der Waals surface area contributed by atoms with Crippen LogP contribution >= 0.6 is 0 Å². The van der Waals surface area contributed by atoms with Crippen LogP contribution in [0.4, 0.5) is 0 Å². The van der Waals surface area contributed by atoms with Crippen molar-refractivity contribution in [3.63, 3.8) is 0 Å². The van der Waals surface area contributed by atoms with Crippen LogP contribution in [0.3, 0.4) is 0 Å².